The van der Waals surface area contributed by atoms with Gasteiger partial charge in [0.2, 0.25) is 0 Å². The normalized spacial score (nSPS) is 18.1. The Labute approximate surface area is 115 Å². The van der Waals surface area contributed by atoms with Gasteiger partial charge in [-0.15, -0.1) is 0 Å². The highest BCUT2D eigenvalue weighted by Gasteiger charge is 2.21. The molecule has 0 radical (unpaired) electrons. The number of nitrogens with two attached hydrogens (primary N) is 1. The van der Waals surface area contributed by atoms with Crippen LogP contribution in [0.15, 0.2) is 24.3 Å². The van der Waals surface area contributed by atoms with E-state index in [4.69, 9.17) is 5.73 Å². The second kappa shape index (κ2) is 5.95. The summed E-state index contributed by atoms with van der Waals surface area (Å²) < 4.78 is 0. The molecule has 1 fully saturated rings. The minimum atomic E-state index is -0.0620. The van der Waals surface area contributed by atoms with Gasteiger partial charge in [0.1, 0.15) is 0 Å². The molecule has 1 atom stereocenters. The molecular formula is C15H23N3O. The lowest BCUT2D eigenvalue weighted by Gasteiger charge is -2.31. The Bertz CT molecular complexity index is 439. The molecule has 0 aliphatic carbocycles. The molecule has 1 aliphatic rings. The van der Waals surface area contributed by atoms with Crippen molar-refractivity contribution in [3.8, 4) is 0 Å². The predicted molar refractivity (Wildman–Crippen MR) is 77.8 cm³/mol. The second-order valence-electron chi connectivity index (χ2n) is 5.47. The lowest BCUT2D eigenvalue weighted by Crippen LogP contribution is -2.44. The Morgan fingerprint density at radius 1 is 1.37 bits per heavy atom. The second-order valence-corrected chi connectivity index (χ2v) is 5.47. The average Bonchev–Trinajstić information content (AvgIpc) is 2.39. The van der Waals surface area contributed by atoms with Gasteiger partial charge in [0.25, 0.3) is 0 Å². The molecule has 0 bridgehead atoms. The number of benzene rings is 1. The van der Waals surface area contributed by atoms with Crippen molar-refractivity contribution < 1.29 is 4.79 Å². The number of carbonyl (C=O) groups excluding carboxylic acids is 1. The Morgan fingerprint density at radius 2 is 2.00 bits per heavy atom. The number of piperidine rings is 1. The van der Waals surface area contributed by atoms with Crippen molar-refractivity contribution in [2.24, 2.45) is 5.92 Å². The standard InChI is InChI=1S/C15H23N3O/c1-11-7-9-18(10-8-11)15(19)17-12(2)13-5-3-4-6-14(13)16/h3-6,11-12H,7-10,16H2,1-2H3,(H,17,19). The predicted octanol–water partition coefficient (Wildman–Crippen LogP) is 2.77. The Morgan fingerprint density at radius 3 is 2.63 bits per heavy atom. The number of rotatable bonds is 2. The molecule has 2 amide bonds. The molecule has 4 nitrogen and oxygen atoms in total. The number of hydrogen-bond acceptors (Lipinski definition) is 2. The van der Waals surface area contributed by atoms with Crippen molar-refractivity contribution in [1.29, 1.82) is 0 Å². The van der Waals surface area contributed by atoms with Crippen LogP contribution in [0.5, 0.6) is 0 Å². The topological polar surface area (TPSA) is 58.4 Å². The smallest absolute Gasteiger partial charge is 0.317 e. The number of urea groups is 1. The van der Waals surface area contributed by atoms with Crippen LogP contribution in [0.2, 0.25) is 0 Å². The zero-order chi connectivity index (χ0) is 13.8. The van der Waals surface area contributed by atoms with E-state index in [2.05, 4.69) is 12.2 Å². The van der Waals surface area contributed by atoms with Crippen molar-refractivity contribution in [2.75, 3.05) is 18.8 Å². The molecule has 2 rings (SSSR count). The first-order chi connectivity index (χ1) is 9.08. The first-order valence-corrected chi connectivity index (χ1v) is 6.97. The summed E-state index contributed by atoms with van der Waals surface area (Å²) in [6, 6.07) is 7.62. The largest absolute Gasteiger partial charge is 0.398 e. The Balaban J connectivity index is 1.94. The van der Waals surface area contributed by atoms with E-state index in [0.717, 1.165) is 43.1 Å². The van der Waals surface area contributed by atoms with Crippen molar-refractivity contribution in [2.45, 2.75) is 32.7 Å². The van der Waals surface area contributed by atoms with Crippen LogP contribution in [0.1, 0.15) is 38.3 Å². The van der Waals surface area contributed by atoms with Crippen LogP contribution in [-0.4, -0.2) is 24.0 Å². The average molecular weight is 261 g/mol. The number of carbonyl (C=O) groups is 1. The molecule has 1 saturated heterocycles. The summed E-state index contributed by atoms with van der Waals surface area (Å²) in [5.74, 6) is 0.728. The molecule has 1 aromatic rings. The molecule has 19 heavy (non-hydrogen) atoms. The van der Waals surface area contributed by atoms with Crippen LogP contribution in [0.25, 0.3) is 0 Å². The minimum absolute atomic E-state index is 0.0163. The molecule has 4 heteroatoms. The van der Waals surface area contributed by atoms with Crippen LogP contribution >= 0.6 is 0 Å². The number of likely N-dealkylation sites (tertiary alicyclic amines) is 1. The number of amides is 2. The molecule has 1 heterocycles. The lowest BCUT2D eigenvalue weighted by molar-refractivity contribution is 0.171. The SMILES string of the molecule is CC1CCN(C(=O)NC(C)c2ccccc2N)CC1. The zero-order valence-electron chi connectivity index (χ0n) is 11.7. The highest BCUT2D eigenvalue weighted by atomic mass is 16.2. The van der Waals surface area contributed by atoms with E-state index in [-0.39, 0.29) is 12.1 Å². The number of anilines is 1. The summed E-state index contributed by atoms with van der Waals surface area (Å²) in [4.78, 5) is 14.1. The number of hydrogen-bond donors (Lipinski definition) is 2. The van der Waals surface area contributed by atoms with Gasteiger partial charge in [0.05, 0.1) is 6.04 Å². The third-order valence-electron chi connectivity index (χ3n) is 3.87. The summed E-state index contributed by atoms with van der Waals surface area (Å²) >= 11 is 0. The molecular weight excluding hydrogens is 238 g/mol. The van der Waals surface area contributed by atoms with E-state index in [1.165, 1.54) is 0 Å². The van der Waals surface area contributed by atoms with E-state index in [0.29, 0.717) is 0 Å². The number of nitrogens with zero attached hydrogens (tertiary/aromatic N) is 1. The molecule has 1 aliphatic heterocycles. The van der Waals surface area contributed by atoms with Gasteiger partial charge in [-0.2, -0.15) is 0 Å². The van der Waals surface area contributed by atoms with Gasteiger partial charge in [0.15, 0.2) is 0 Å². The quantitative estimate of drug-likeness (QED) is 0.804. The summed E-state index contributed by atoms with van der Waals surface area (Å²) in [5, 5.41) is 3.03. The van der Waals surface area contributed by atoms with Gasteiger partial charge in [-0.25, -0.2) is 4.79 Å². The summed E-state index contributed by atoms with van der Waals surface area (Å²) in [6.07, 6.45) is 2.19. The third-order valence-corrected chi connectivity index (χ3v) is 3.87. The van der Waals surface area contributed by atoms with E-state index in [1.807, 2.05) is 36.1 Å². The maximum Gasteiger partial charge on any atom is 0.317 e. The summed E-state index contributed by atoms with van der Waals surface area (Å²) in [5.41, 5.74) is 7.63. The van der Waals surface area contributed by atoms with E-state index >= 15 is 0 Å². The van der Waals surface area contributed by atoms with Crippen LogP contribution in [0, 0.1) is 5.92 Å². The number of para-hydroxylation sites is 1. The molecule has 1 aromatic carbocycles. The fourth-order valence-corrected chi connectivity index (χ4v) is 2.47. The molecule has 1 unspecified atom stereocenters. The van der Waals surface area contributed by atoms with Crippen molar-refractivity contribution >= 4 is 11.7 Å². The van der Waals surface area contributed by atoms with Crippen molar-refractivity contribution in [3.63, 3.8) is 0 Å². The van der Waals surface area contributed by atoms with Gasteiger partial charge in [0, 0.05) is 18.8 Å². The Kier molecular flexibility index (Phi) is 4.30. The van der Waals surface area contributed by atoms with Gasteiger partial charge in [-0.05, 0) is 37.3 Å². The molecule has 0 spiro atoms. The monoisotopic (exact) mass is 261 g/mol. The third kappa shape index (κ3) is 3.40. The maximum atomic E-state index is 12.2. The maximum absolute atomic E-state index is 12.2. The van der Waals surface area contributed by atoms with E-state index < -0.39 is 0 Å². The lowest BCUT2D eigenvalue weighted by atomic mass is 9.99. The first kappa shape index (κ1) is 13.7. The van der Waals surface area contributed by atoms with Crippen LogP contribution in [0.4, 0.5) is 10.5 Å². The van der Waals surface area contributed by atoms with Gasteiger partial charge >= 0.3 is 6.03 Å². The number of nitrogens with one attached hydrogen (secondary N) is 1. The summed E-state index contributed by atoms with van der Waals surface area (Å²) in [6.45, 7) is 5.91. The fraction of sp³-hybridized carbons (Fsp3) is 0.533. The molecule has 0 saturated carbocycles. The van der Waals surface area contributed by atoms with Crippen LogP contribution in [-0.2, 0) is 0 Å². The van der Waals surface area contributed by atoms with E-state index in [1.54, 1.807) is 0 Å². The van der Waals surface area contributed by atoms with Crippen molar-refractivity contribution in [3.05, 3.63) is 29.8 Å². The van der Waals surface area contributed by atoms with Gasteiger partial charge < -0.3 is 16.0 Å². The molecule has 104 valence electrons. The van der Waals surface area contributed by atoms with Gasteiger partial charge in [-0.3, -0.25) is 0 Å². The summed E-state index contributed by atoms with van der Waals surface area (Å²) in [7, 11) is 0. The van der Waals surface area contributed by atoms with Crippen LogP contribution < -0.4 is 11.1 Å². The highest BCUT2D eigenvalue weighted by molar-refractivity contribution is 5.75. The van der Waals surface area contributed by atoms with Gasteiger partial charge in [-0.1, -0.05) is 25.1 Å². The first-order valence-electron chi connectivity index (χ1n) is 6.97. The number of nitrogen functional groups attached to an aromatic ring is 1. The molecule has 3 N–H and O–H groups in total. The fourth-order valence-electron chi connectivity index (χ4n) is 2.47. The van der Waals surface area contributed by atoms with Crippen molar-refractivity contribution in [1.82, 2.24) is 10.2 Å². The highest BCUT2D eigenvalue weighted by Crippen LogP contribution is 2.21. The Hall–Kier alpha value is -1.71. The zero-order valence-corrected chi connectivity index (χ0v) is 11.7. The molecule has 0 aromatic heterocycles. The minimum Gasteiger partial charge on any atom is -0.398 e. The van der Waals surface area contributed by atoms with E-state index in [9.17, 15) is 4.79 Å². The van der Waals surface area contributed by atoms with Crippen LogP contribution in [0.3, 0.4) is 0 Å².